The first-order chi connectivity index (χ1) is 10.1. The largest absolute Gasteiger partial charge is 0.350 e. The third-order valence-corrected chi connectivity index (χ3v) is 4.64. The predicted molar refractivity (Wildman–Crippen MR) is 92.9 cm³/mol. The molecule has 0 unspecified atom stereocenters. The van der Waals surface area contributed by atoms with Crippen molar-refractivity contribution in [2.24, 2.45) is 5.41 Å². The smallest absolute Gasteiger partial charge is 0.231 e. The molecule has 0 heterocycles. The van der Waals surface area contributed by atoms with E-state index in [1.165, 1.54) is 5.56 Å². The second kappa shape index (κ2) is 6.06. The third-order valence-electron chi connectivity index (χ3n) is 4.64. The Hall–Kier alpha value is -1.31. The van der Waals surface area contributed by atoms with Crippen molar-refractivity contribution in [1.29, 1.82) is 0 Å². The van der Waals surface area contributed by atoms with Crippen LogP contribution in [-0.2, 0) is 10.2 Å². The molecule has 1 fully saturated rings. The Morgan fingerprint density at radius 1 is 1.05 bits per heavy atom. The highest BCUT2D eigenvalue weighted by atomic mass is 16.2. The minimum absolute atomic E-state index is 0.181. The Labute approximate surface area is 135 Å². The average molecular weight is 301 g/mol. The van der Waals surface area contributed by atoms with Gasteiger partial charge < -0.3 is 5.32 Å². The lowest BCUT2D eigenvalue weighted by Gasteiger charge is -2.37. The first kappa shape index (κ1) is 17.1. The molecule has 2 nitrogen and oxygen atoms in total. The van der Waals surface area contributed by atoms with Gasteiger partial charge in [-0.3, -0.25) is 4.79 Å². The van der Waals surface area contributed by atoms with Crippen molar-refractivity contribution in [3.8, 4) is 0 Å². The maximum atomic E-state index is 13.2. The summed E-state index contributed by atoms with van der Waals surface area (Å²) in [5.41, 5.74) is 0.874. The summed E-state index contributed by atoms with van der Waals surface area (Å²) in [5.74, 6) is 0.213. The van der Waals surface area contributed by atoms with Gasteiger partial charge in [0.15, 0.2) is 0 Å². The Kier molecular flexibility index (Phi) is 4.70. The molecule has 0 radical (unpaired) electrons. The molecule has 0 saturated heterocycles. The molecule has 0 atom stereocenters. The molecule has 1 saturated carbocycles. The van der Waals surface area contributed by atoms with Crippen molar-refractivity contribution in [2.75, 3.05) is 0 Å². The Morgan fingerprint density at radius 2 is 1.59 bits per heavy atom. The van der Waals surface area contributed by atoms with E-state index in [1.54, 1.807) is 0 Å². The fourth-order valence-corrected chi connectivity index (χ4v) is 4.18. The molecule has 2 heteroatoms. The molecule has 2 rings (SSSR count). The lowest BCUT2D eigenvalue weighted by molar-refractivity contribution is -0.128. The first-order valence-electron chi connectivity index (χ1n) is 8.53. The van der Waals surface area contributed by atoms with Crippen molar-refractivity contribution < 1.29 is 4.79 Å². The average Bonchev–Trinajstić information content (AvgIpc) is 2.86. The molecule has 0 bridgehead atoms. The van der Waals surface area contributed by atoms with Crippen LogP contribution in [0.15, 0.2) is 30.3 Å². The fourth-order valence-electron chi connectivity index (χ4n) is 4.18. The quantitative estimate of drug-likeness (QED) is 0.848. The molecule has 1 aliphatic rings. The number of benzene rings is 1. The summed E-state index contributed by atoms with van der Waals surface area (Å²) in [7, 11) is 0. The summed E-state index contributed by atoms with van der Waals surface area (Å²) in [6.07, 6.45) is 5.18. The van der Waals surface area contributed by atoms with Crippen LogP contribution in [0.3, 0.4) is 0 Å². The molecule has 0 spiro atoms. The SMILES string of the molecule is CC(C)(C)CC(C)(C)NC(=O)C1(c2ccccc2)CCCC1. The van der Waals surface area contributed by atoms with Crippen LogP contribution < -0.4 is 5.32 Å². The minimum atomic E-state index is -0.323. The number of hydrogen-bond donors (Lipinski definition) is 1. The van der Waals surface area contributed by atoms with Gasteiger partial charge in [0.25, 0.3) is 0 Å². The number of carbonyl (C=O) groups is 1. The van der Waals surface area contributed by atoms with Crippen LogP contribution in [0.25, 0.3) is 0 Å². The van der Waals surface area contributed by atoms with Gasteiger partial charge >= 0.3 is 0 Å². The summed E-state index contributed by atoms with van der Waals surface area (Å²) in [6.45, 7) is 11.0. The van der Waals surface area contributed by atoms with Gasteiger partial charge in [-0.2, -0.15) is 0 Å². The van der Waals surface area contributed by atoms with E-state index in [-0.39, 0.29) is 22.3 Å². The summed E-state index contributed by atoms with van der Waals surface area (Å²) in [4.78, 5) is 13.2. The second-order valence-corrected chi connectivity index (χ2v) is 8.73. The van der Waals surface area contributed by atoms with E-state index in [9.17, 15) is 4.79 Å². The number of amides is 1. The van der Waals surface area contributed by atoms with E-state index in [0.717, 1.165) is 32.1 Å². The van der Waals surface area contributed by atoms with Crippen molar-refractivity contribution in [1.82, 2.24) is 5.32 Å². The zero-order chi connectivity index (χ0) is 16.4. The fraction of sp³-hybridized carbons (Fsp3) is 0.650. The van der Waals surface area contributed by atoms with Crippen molar-refractivity contribution in [3.05, 3.63) is 35.9 Å². The molecule has 0 aromatic heterocycles. The number of rotatable bonds is 4. The van der Waals surface area contributed by atoms with Gasteiger partial charge in [0.1, 0.15) is 0 Å². The first-order valence-corrected chi connectivity index (χ1v) is 8.53. The Balaban J connectivity index is 2.22. The molecular formula is C20H31NO. The Bertz CT molecular complexity index is 504. The molecule has 122 valence electrons. The van der Waals surface area contributed by atoms with Gasteiger partial charge in [0.05, 0.1) is 5.41 Å². The van der Waals surface area contributed by atoms with E-state index in [2.05, 4.69) is 52.1 Å². The highest BCUT2D eigenvalue weighted by Crippen LogP contribution is 2.42. The number of hydrogen-bond acceptors (Lipinski definition) is 1. The van der Waals surface area contributed by atoms with E-state index in [4.69, 9.17) is 0 Å². The maximum absolute atomic E-state index is 13.2. The second-order valence-electron chi connectivity index (χ2n) is 8.73. The summed E-state index contributed by atoms with van der Waals surface area (Å²) < 4.78 is 0. The van der Waals surface area contributed by atoms with Crippen LogP contribution >= 0.6 is 0 Å². The highest BCUT2D eigenvalue weighted by molar-refractivity contribution is 5.89. The van der Waals surface area contributed by atoms with E-state index in [1.807, 2.05) is 18.2 Å². The zero-order valence-corrected chi connectivity index (χ0v) is 14.8. The van der Waals surface area contributed by atoms with Gasteiger partial charge in [0.2, 0.25) is 5.91 Å². The molecular weight excluding hydrogens is 270 g/mol. The van der Waals surface area contributed by atoms with Crippen LogP contribution in [0.1, 0.15) is 72.3 Å². The molecule has 1 N–H and O–H groups in total. The van der Waals surface area contributed by atoms with E-state index >= 15 is 0 Å². The van der Waals surface area contributed by atoms with Gasteiger partial charge in [0, 0.05) is 5.54 Å². The molecule has 0 aliphatic heterocycles. The number of carbonyl (C=O) groups excluding carboxylic acids is 1. The monoisotopic (exact) mass is 301 g/mol. The van der Waals surface area contributed by atoms with Crippen LogP contribution in [0.5, 0.6) is 0 Å². The molecule has 22 heavy (non-hydrogen) atoms. The molecule has 1 aliphatic carbocycles. The van der Waals surface area contributed by atoms with E-state index < -0.39 is 0 Å². The number of nitrogens with one attached hydrogen (secondary N) is 1. The van der Waals surface area contributed by atoms with Crippen LogP contribution in [0.4, 0.5) is 0 Å². The van der Waals surface area contributed by atoms with Gasteiger partial charge in [-0.15, -0.1) is 0 Å². The predicted octanol–water partition coefficient (Wildman–Crippen LogP) is 4.83. The van der Waals surface area contributed by atoms with Gasteiger partial charge in [-0.25, -0.2) is 0 Å². The van der Waals surface area contributed by atoms with Crippen molar-refractivity contribution in [2.45, 2.75) is 77.7 Å². The van der Waals surface area contributed by atoms with Gasteiger partial charge in [-0.1, -0.05) is 63.9 Å². The standard InChI is InChI=1S/C20H31NO/c1-18(2,3)15-19(4,5)21-17(22)20(13-9-10-14-20)16-11-7-6-8-12-16/h6-8,11-12H,9-10,13-15H2,1-5H3,(H,21,22). The van der Waals surface area contributed by atoms with Crippen LogP contribution in [-0.4, -0.2) is 11.4 Å². The van der Waals surface area contributed by atoms with Crippen LogP contribution in [0.2, 0.25) is 0 Å². The van der Waals surface area contributed by atoms with Gasteiger partial charge in [-0.05, 0) is 44.1 Å². The Morgan fingerprint density at radius 3 is 2.09 bits per heavy atom. The summed E-state index contributed by atoms with van der Waals surface area (Å²) in [5, 5.41) is 3.36. The van der Waals surface area contributed by atoms with Crippen molar-refractivity contribution in [3.63, 3.8) is 0 Å². The lowest BCUT2D eigenvalue weighted by Crippen LogP contribution is -2.52. The lowest BCUT2D eigenvalue weighted by atomic mass is 9.76. The highest BCUT2D eigenvalue weighted by Gasteiger charge is 2.44. The maximum Gasteiger partial charge on any atom is 0.231 e. The summed E-state index contributed by atoms with van der Waals surface area (Å²) in [6, 6.07) is 10.3. The third kappa shape index (κ3) is 3.91. The minimum Gasteiger partial charge on any atom is -0.350 e. The molecule has 1 aromatic carbocycles. The zero-order valence-electron chi connectivity index (χ0n) is 14.8. The van der Waals surface area contributed by atoms with Crippen LogP contribution in [0, 0.1) is 5.41 Å². The molecule has 1 amide bonds. The molecule has 1 aromatic rings. The topological polar surface area (TPSA) is 29.1 Å². The van der Waals surface area contributed by atoms with Crippen molar-refractivity contribution >= 4 is 5.91 Å². The normalized spacial score (nSPS) is 18.2. The summed E-state index contributed by atoms with van der Waals surface area (Å²) >= 11 is 0. The van der Waals surface area contributed by atoms with E-state index in [0.29, 0.717) is 0 Å².